The molecule has 0 bridgehead atoms. The number of carboxylic acid groups (broad SMARTS) is 1. The van der Waals surface area contributed by atoms with E-state index in [0.717, 1.165) is 18.2 Å². The van der Waals surface area contributed by atoms with Gasteiger partial charge in [-0.25, -0.2) is 26.7 Å². The van der Waals surface area contributed by atoms with Crippen LogP contribution in [-0.4, -0.2) is 41.4 Å². The molecule has 0 heterocycles. The van der Waals surface area contributed by atoms with Crippen LogP contribution in [0.1, 0.15) is 0 Å². The van der Waals surface area contributed by atoms with Crippen molar-refractivity contribution in [2.24, 2.45) is 0 Å². The third-order valence-corrected chi connectivity index (χ3v) is 6.41. The Morgan fingerprint density at radius 2 is 1.75 bits per heavy atom. The van der Waals surface area contributed by atoms with Crippen molar-refractivity contribution in [2.75, 3.05) is 12.3 Å². The lowest BCUT2D eigenvalue weighted by Gasteiger charge is -2.16. The molecule has 2 unspecified atom stereocenters. The molecular formula is C16H14ClF2NO6S2. The number of carbonyl (C=O) groups is 1. The highest BCUT2D eigenvalue weighted by molar-refractivity contribution is 7.89. The maximum atomic E-state index is 13.6. The zero-order chi connectivity index (χ0) is 20.9. The van der Waals surface area contributed by atoms with Gasteiger partial charge in [-0.3, -0.25) is 4.21 Å². The van der Waals surface area contributed by atoms with Crippen LogP contribution < -0.4 is 9.46 Å². The number of para-hydroxylation sites is 1. The lowest BCUT2D eigenvalue weighted by molar-refractivity contribution is -0.141. The Hall–Kier alpha value is -2.08. The van der Waals surface area contributed by atoms with Gasteiger partial charge in [-0.05, 0) is 36.4 Å². The molecule has 28 heavy (non-hydrogen) atoms. The van der Waals surface area contributed by atoms with E-state index in [4.69, 9.17) is 21.4 Å². The van der Waals surface area contributed by atoms with Crippen LogP contribution in [0.2, 0.25) is 5.02 Å². The van der Waals surface area contributed by atoms with Gasteiger partial charge in [0, 0.05) is 17.3 Å². The number of benzene rings is 2. The summed E-state index contributed by atoms with van der Waals surface area (Å²) in [4.78, 5) is 11.2. The molecule has 2 aromatic carbocycles. The number of hydrogen-bond donors (Lipinski definition) is 2. The van der Waals surface area contributed by atoms with Crippen LogP contribution in [0.15, 0.2) is 47.4 Å². The standard InChI is InChI=1S/C16H14ClF2NO6S2/c17-10-4-6-11(7-5-10)28(24,25)20-8-9-27(23)16(15(21)22)26-14-12(18)2-1-3-13(14)19/h1-7,16,20H,8-9H2,(H,21,22). The number of hydrogen-bond acceptors (Lipinski definition) is 5. The fraction of sp³-hybridized carbons (Fsp3) is 0.188. The molecule has 2 aromatic rings. The van der Waals surface area contributed by atoms with Crippen LogP contribution in [0.5, 0.6) is 5.75 Å². The molecule has 0 amide bonds. The van der Waals surface area contributed by atoms with Crippen molar-refractivity contribution in [2.45, 2.75) is 10.3 Å². The first-order valence-electron chi connectivity index (χ1n) is 7.57. The molecule has 0 aliphatic carbocycles. The molecule has 2 atom stereocenters. The molecule has 2 rings (SSSR count). The van der Waals surface area contributed by atoms with Gasteiger partial charge >= 0.3 is 5.97 Å². The van der Waals surface area contributed by atoms with Gasteiger partial charge in [0.2, 0.25) is 10.0 Å². The maximum absolute atomic E-state index is 13.6. The van der Waals surface area contributed by atoms with Crippen molar-refractivity contribution in [1.82, 2.24) is 4.72 Å². The minimum absolute atomic E-state index is 0.0952. The van der Waals surface area contributed by atoms with Crippen molar-refractivity contribution in [3.8, 4) is 5.75 Å². The lowest BCUT2D eigenvalue weighted by atomic mass is 10.3. The zero-order valence-electron chi connectivity index (χ0n) is 14.0. The van der Waals surface area contributed by atoms with E-state index in [1.54, 1.807) is 0 Å². The van der Waals surface area contributed by atoms with Crippen molar-refractivity contribution in [3.63, 3.8) is 0 Å². The van der Waals surface area contributed by atoms with Crippen LogP contribution in [0.3, 0.4) is 0 Å². The Morgan fingerprint density at radius 1 is 1.18 bits per heavy atom. The topological polar surface area (TPSA) is 110 Å². The molecular weight excluding hydrogens is 440 g/mol. The normalized spacial score (nSPS) is 13.7. The van der Waals surface area contributed by atoms with E-state index in [9.17, 15) is 26.2 Å². The van der Waals surface area contributed by atoms with E-state index in [2.05, 4.69) is 4.72 Å². The van der Waals surface area contributed by atoms with E-state index in [0.29, 0.717) is 5.02 Å². The number of sulfonamides is 1. The average Bonchev–Trinajstić information content (AvgIpc) is 2.61. The summed E-state index contributed by atoms with van der Waals surface area (Å²) < 4.78 is 70.5. The van der Waals surface area contributed by atoms with Gasteiger partial charge in [0.15, 0.2) is 17.4 Å². The Kier molecular flexibility index (Phi) is 7.47. The first-order chi connectivity index (χ1) is 13.1. The van der Waals surface area contributed by atoms with Gasteiger partial charge in [0.1, 0.15) is 0 Å². The monoisotopic (exact) mass is 453 g/mol. The van der Waals surface area contributed by atoms with Gasteiger partial charge in [-0.15, -0.1) is 0 Å². The summed E-state index contributed by atoms with van der Waals surface area (Å²) in [5, 5.41) is 9.47. The Morgan fingerprint density at radius 3 is 2.29 bits per heavy atom. The smallest absolute Gasteiger partial charge is 0.358 e. The van der Waals surface area contributed by atoms with Gasteiger partial charge < -0.3 is 9.84 Å². The van der Waals surface area contributed by atoms with Gasteiger partial charge in [0.05, 0.1) is 15.7 Å². The number of halogens is 3. The van der Waals surface area contributed by atoms with Crippen LogP contribution in [0.4, 0.5) is 8.78 Å². The highest BCUT2D eigenvalue weighted by Gasteiger charge is 2.29. The molecule has 0 saturated carbocycles. The van der Waals surface area contributed by atoms with E-state index >= 15 is 0 Å². The van der Waals surface area contributed by atoms with E-state index in [-0.39, 0.29) is 4.90 Å². The number of aliphatic carboxylic acids is 1. The van der Waals surface area contributed by atoms with Crippen LogP contribution in [-0.2, 0) is 25.6 Å². The third-order valence-electron chi connectivity index (χ3n) is 3.30. The predicted molar refractivity (Wildman–Crippen MR) is 98.1 cm³/mol. The number of carboxylic acids is 1. The molecule has 12 heteroatoms. The second-order valence-corrected chi connectivity index (χ2v) is 9.08. The van der Waals surface area contributed by atoms with E-state index < -0.39 is 61.9 Å². The van der Waals surface area contributed by atoms with Crippen molar-refractivity contribution in [1.29, 1.82) is 0 Å². The summed E-state index contributed by atoms with van der Waals surface area (Å²) >= 11 is 5.68. The number of ether oxygens (including phenoxy) is 1. The predicted octanol–water partition coefficient (Wildman–Crippen LogP) is 2.13. The molecule has 0 fully saturated rings. The minimum atomic E-state index is -3.94. The molecule has 7 nitrogen and oxygen atoms in total. The summed E-state index contributed by atoms with van der Waals surface area (Å²) in [7, 11) is -6.25. The largest absolute Gasteiger partial charge is 0.478 e. The number of rotatable bonds is 9. The number of nitrogens with one attached hydrogen (secondary N) is 1. The summed E-state index contributed by atoms with van der Waals surface area (Å²) in [5.41, 5.74) is -2.09. The highest BCUT2D eigenvalue weighted by Crippen LogP contribution is 2.23. The van der Waals surface area contributed by atoms with Crippen LogP contribution >= 0.6 is 11.6 Å². The summed E-state index contributed by atoms with van der Waals surface area (Å²) in [5.74, 6) is -5.50. The molecule has 2 N–H and O–H groups in total. The molecule has 0 saturated heterocycles. The van der Waals surface area contributed by atoms with Crippen LogP contribution in [0.25, 0.3) is 0 Å². The maximum Gasteiger partial charge on any atom is 0.358 e. The SMILES string of the molecule is O=C(O)C(Oc1c(F)cccc1F)S(=O)CCNS(=O)(=O)c1ccc(Cl)cc1. The fourth-order valence-corrected chi connectivity index (χ4v) is 4.23. The van der Waals surface area contributed by atoms with Gasteiger partial charge in [-0.1, -0.05) is 17.7 Å². The first kappa shape index (κ1) is 22.2. The quantitative estimate of drug-likeness (QED) is 0.602. The van der Waals surface area contributed by atoms with Gasteiger partial charge in [0.25, 0.3) is 5.44 Å². The fourth-order valence-electron chi connectivity index (χ4n) is 2.00. The van der Waals surface area contributed by atoms with Crippen molar-refractivity contribution in [3.05, 3.63) is 59.1 Å². The zero-order valence-corrected chi connectivity index (χ0v) is 16.4. The lowest BCUT2D eigenvalue weighted by Crippen LogP contribution is -2.37. The van der Waals surface area contributed by atoms with Crippen molar-refractivity contribution >= 4 is 38.4 Å². The average molecular weight is 454 g/mol. The molecule has 0 aliphatic rings. The van der Waals surface area contributed by atoms with Gasteiger partial charge in [-0.2, -0.15) is 0 Å². The molecule has 152 valence electrons. The minimum Gasteiger partial charge on any atom is -0.478 e. The first-order valence-corrected chi connectivity index (χ1v) is 10.8. The summed E-state index contributed by atoms with van der Waals surface area (Å²) in [6, 6.07) is 7.99. The second-order valence-electron chi connectivity index (χ2n) is 5.28. The third kappa shape index (κ3) is 5.71. The summed E-state index contributed by atoms with van der Waals surface area (Å²) in [6.07, 6.45) is 0. The Balaban J connectivity index is 2.03. The van der Waals surface area contributed by atoms with Crippen LogP contribution in [0, 0.1) is 11.6 Å². The van der Waals surface area contributed by atoms with E-state index in [1.165, 1.54) is 24.3 Å². The highest BCUT2D eigenvalue weighted by atomic mass is 35.5. The van der Waals surface area contributed by atoms with Crippen molar-refractivity contribution < 1.29 is 36.0 Å². The van der Waals surface area contributed by atoms with E-state index in [1.807, 2.05) is 0 Å². The second kappa shape index (κ2) is 9.41. The molecule has 0 aromatic heterocycles. The summed E-state index contributed by atoms with van der Waals surface area (Å²) in [6.45, 7) is -0.398. The molecule has 0 radical (unpaired) electrons. The Labute approximate surface area is 166 Å². The molecule has 0 spiro atoms. The molecule has 0 aliphatic heterocycles. The Bertz CT molecular complexity index is 965.